The van der Waals surface area contributed by atoms with Crippen molar-refractivity contribution in [2.75, 3.05) is 20.8 Å². The van der Waals surface area contributed by atoms with Crippen molar-refractivity contribution < 1.29 is 23.0 Å². The van der Waals surface area contributed by atoms with Crippen molar-refractivity contribution in [3.63, 3.8) is 0 Å². The van der Waals surface area contributed by atoms with Gasteiger partial charge in [-0.25, -0.2) is 4.98 Å². The minimum Gasteiger partial charge on any atom is -0.493 e. The number of pyridine rings is 1. The van der Waals surface area contributed by atoms with Gasteiger partial charge >= 0.3 is 6.55 Å². The van der Waals surface area contributed by atoms with Gasteiger partial charge in [0.15, 0.2) is 11.5 Å². The second kappa shape index (κ2) is 8.64. The first-order valence-corrected chi connectivity index (χ1v) is 8.63. The van der Waals surface area contributed by atoms with Crippen LogP contribution in [-0.4, -0.2) is 41.2 Å². The van der Waals surface area contributed by atoms with Crippen molar-refractivity contribution in [1.29, 1.82) is 0 Å². The molecule has 0 atom stereocenters. The van der Waals surface area contributed by atoms with Crippen molar-refractivity contribution in [1.82, 2.24) is 19.9 Å². The molecule has 9 heteroatoms. The van der Waals surface area contributed by atoms with Crippen molar-refractivity contribution in [2.24, 2.45) is 0 Å². The van der Waals surface area contributed by atoms with E-state index < -0.39 is 6.55 Å². The summed E-state index contributed by atoms with van der Waals surface area (Å²) in [5.41, 5.74) is 2.15. The van der Waals surface area contributed by atoms with Crippen molar-refractivity contribution in [2.45, 2.75) is 19.4 Å². The third-order valence-electron chi connectivity index (χ3n) is 4.25. The molecular weight excluding hydrogens is 370 g/mol. The van der Waals surface area contributed by atoms with Gasteiger partial charge < -0.3 is 14.8 Å². The number of halogens is 2. The average molecular weight is 390 g/mol. The predicted octanol–water partition coefficient (Wildman–Crippen LogP) is 3.41. The molecule has 3 aromatic rings. The zero-order valence-corrected chi connectivity index (χ0v) is 15.5. The molecule has 3 heterocycles. The molecule has 0 aliphatic carbocycles. The summed E-state index contributed by atoms with van der Waals surface area (Å²) in [5, 5.41) is 2.68. The average Bonchev–Trinajstić information content (AvgIpc) is 3.36. The molecule has 1 fully saturated rings. The molecule has 1 N–H and O–H groups in total. The van der Waals surface area contributed by atoms with Gasteiger partial charge in [0.25, 0.3) is 0 Å². The number of methoxy groups -OCH3 is 2. The highest BCUT2D eigenvalue weighted by atomic mass is 19.3. The van der Waals surface area contributed by atoms with E-state index in [1.807, 2.05) is 6.07 Å². The maximum Gasteiger partial charge on any atom is 0.320 e. The lowest BCUT2D eigenvalue weighted by Gasteiger charge is -2.09. The second-order valence-electron chi connectivity index (χ2n) is 6.01. The fourth-order valence-electron chi connectivity index (χ4n) is 2.80. The van der Waals surface area contributed by atoms with E-state index in [9.17, 15) is 13.6 Å². The molecule has 1 amide bonds. The van der Waals surface area contributed by atoms with E-state index in [0.717, 1.165) is 35.8 Å². The van der Waals surface area contributed by atoms with Crippen LogP contribution in [0.5, 0.6) is 11.5 Å². The number of hydrogen-bond acceptors (Lipinski definition) is 5. The summed E-state index contributed by atoms with van der Waals surface area (Å²) in [6, 6.07) is 7.02. The van der Waals surface area contributed by atoms with E-state index in [-0.39, 0.29) is 5.91 Å². The number of benzene rings is 1. The molecule has 0 radical (unpaired) electrons. The highest BCUT2D eigenvalue weighted by Gasteiger charge is 2.13. The van der Waals surface area contributed by atoms with Gasteiger partial charge in [0.05, 0.1) is 37.1 Å². The first-order valence-electron chi connectivity index (χ1n) is 8.63. The molecule has 1 aliphatic rings. The normalized spacial score (nSPS) is 13.2. The Bertz CT molecular complexity index is 967. The fourth-order valence-corrected chi connectivity index (χ4v) is 2.80. The Balaban J connectivity index is 0.000000320. The zero-order valence-electron chi connectivity index (χ0n) is 15.5. The monoisotopic (exact) mass is 390 g/mol. The summed E-state index contributed by atoms with van der Waals surface area (Å²) >= 11 is 0. The van der Waals surface area contributed by atoms with Crippen LogP contribution in [0.4, 0.5) is 8.78 Å². The van der Waals surface area contributed by atoms with Crippen LogP contribution in [0.25, 0.3) is 22.3 Å². The van der Waals surface area contributed by atoms with Crippen molar-refractivity contribution in [3.05, 3.63) is 36.8 Å². The van der Waals surface area contributed by atoms with Crippen LogP contribution in [0.1, 0.15) is 19.4 Å². The number of alkyl halides is 2. The molecule has 7 nitrogen and oxygen atoms in total. The van der Waals surface area contributed by atoms with E-state index in [2.05, 4.69) is 15.3 Å². The number of rotatable bonds is 4. The van der Waals surface area contributed by atoms with Crippen LogP contribution < -0.4 is 14.8 Å². The molecular formula is C19H20F2N4O3. The predicted molar refractivity (Wildman–Crippen MR) is 99.6 cm³/mol. The van der Waals surface area contributed by atoms with E-state index in [4.69, 9.17) is 9.47 Å². The molecule has 0 bridgehead atoms. The van der Waals surface area contributed by atoms with E-state index in [1.165, 1.54) is 6.20 Å². The van der Waals surface area contributed by atoms with Crippen LogP contribution >= 0.6 is 0 Å². The number of nitrogens with zero attached hydrogens (tertiary/aromatic N) is 3. The quantitative estimate of drug-likeness (QED) is 0.739. The van der Waals surface area contributed by atoms with Gasteiger partial charge in [-0.1, -0.05) is 0 Å². The number of ether oxygens (including phenoxy) is 2. The zero-order chi connectivity index (χ0) is 20.1. The van der Waals surface area contributed by atoms with Gasteiger partial charge in [-0.2, -0.15) is 8.78 Å². The largest absolute Gasteiger partial charge is 0.493 e. The molecule has 1 saturated heterocycles. The lowest BCUT2D eigenvalue weighted by Crippen LogP contribution is -2.12. The lowest BCUT2D eigenvalue weighted by molar-refractivity contribution is -0.119. The molecule has 28 heavy (non-hydrogen) atoms. The van der Waals surface area contributed by atoms with Crippen LogP contribution in [0.15, 0.2) is 36.8 Å². The van der Waals surface area contributed by atoms with Crippen LogP contribution in [0.2, 0.25) is 0 Å². The SMILES string of the molecule is COc1ccc(-c2cc3ncn(C(F)F)c3cn2)cc1OC.O=C1CCCN1. The van der Waals surface area contributed by atoms with Gasteiger partial charge in [0, 0.05) is 18.5 Å². The first kappa shape index (κ1) is 19.5. The molecule has 0 saturated carbocycles. The molecule has 4 rings (SSSR count). The number of carbonyl (C=O) groups is 1. The second-order valence-corrected chi connectivity index (χ2v) is 6.01. The third kappa shape index (κ3) is 4.19. The summed E-state index contributed by atoms with van der Waals surface area (Å²) in [6.07, 6.45) is 4.26. The summed E-state index contributed by atoms with van der Waals surface area (Å²) in [4.78, 5) is 18.4. The minimum atomic E-state index is -2.64. The van der Waals surface area contributed by atoms with Gasteiger partial charge in [-0.3, -0.25) is 14.3 Å². The number of imidazole rings is 1. The third-order valence-corrected chi connectivity index (χ3v) is 4.25. The first-order chi connectivity index (χ1) is 13.5. The number of hydrogen-bond donors (Lipinski definition) is 1. The van der Waals surface area contributed by atoms with Crippen LogP contribution in [0.3, 0.4) is 0 Å². The smallest absolute Gasteiger partial charge is 0.320 e. The van der Waals surface area contributed by atoms with Crippen molar-refractivity contribution >= 4 is 16.9 Å². The Hall–Kier alpha value is -3.23. The maximum absolute atomic E-state index is 12.8. The Morgan fingerprint density at radius 1 is 1.14 bits per heavy atom. The summed E-state index contributed by atoms with van der Waals surface area (Å²) < 4.78 is 36.8. The molecule has 0 unspecified atom stereocenters. The van der Waals surface area contributed by atoms with Gasteiger partial charge in [-0.05, 0) is 30.7 Å². The standard InChI is InChI=1S/C15H13F2N3O2.C4H7NO/c1-21-13-4-3-9(5-14(13)22-2)10-6-11-12(7-18-10)20(8-19-11)15(16)17;6-4-2-1-3-5-4/h3-8,15H,1-2H3;1-3H2,(H,5,6). The lowest BCUT2D eigenvalue weighted by atomic mass is 10.1. The van der Waals surface area contributed by atoms with Crippen LogP contribution in [-0.2, 0) is 4.79 Å². The van der Waals surface area contributed by atoms with E-state index >= 15 is 0 Å². The number of amides is 1. The molecule has 1 aliphatic heterocycles. The molecule has 2 aromatic heterocycles. The highest BCUT2D eigenvalue weighted by molar-refractivity contribution is 5.80. The minimum absolute atomic E-state index is 0.204. The molecule has 1 aromatic carbocycles. The summed E-state index contributed by atoms with van der Waals surface area (Å²) in [6.45, 7) is -1.75. The Kier molecular flexibility index (Phi) is 6.03. The Morgan fingerprint density at radius 3 is 2.50 bits per heavy atom. The fraction of sp³-hybridized carbons (Fsp3) is 0.316. The summed E-state index contributed by atoms with van der Waals surface area (Å²) in [7, 11) is 3.10. The van der Waals surface area contributed by atoms with Crippen LogP contribution in [0, 0.1) is 0 Å². The Morgan fingerprint density at radius 2 is 1.93 bits per heavy atom. The Labute approximate surface area is 160 Å². The van der Waals surface area contributed by atoms with Crippen molar-refractivity contribution in [3.8, 4) is 22.8 Å². The highest BCUT2D eigenvalue weighted by Crippen LogP contribution is 2.32. The summed E-state index contributed by atoms with van der Waals surface area (Å²) in [5.74, 6) is 1.38. The molecule has 148 valence electrons. The van der Waals surface area contributed by atoms with E-state index in [0.29, 0.717) is 28.2 Å². The van der Waals surface area contributed by atoms with Gasteiger partial charge in [0.2, 0.25) is 5.91 Å². The number of carbonyl (C=O) groups excluding carboxylic acids is 1. The van der Waals surface area contributed by atoms with E-state index in [1.54, 1.807) is 32.4 Å². The number of aromatic nitrogens is 3. The number of fused-ring (bicyclic) bond motifs is 1. The topological polar surface area (TPSA) is 78.3 Å². The van der Waals surface area contributed by atoms with Gasteiger partial charge in [0.1, 0.15) is 6.33 Å². The molecule has 0 spiro atoms. The number of nitrogens with one attached hydrogen (secondary N) is 1. The van der Waals surface area contributed by atoms with Gasteiger partial charge in [-0.15, -0.1) is 0 Å². The maximum atomic E-state index is 12.8.